The van der Waals surface area contributed by atoms with E-state index in [0.29, 0.717) is 19.4 Å². The molecule has 7 nitrogen and oxygen atoms in total. The number of hydrogen-bond acceptors (Lipinski definition) is 5. The number of esters is 1. The smallest absolute Gasteiger partial charge is 0.408 e. The molecule has 0 unspecified atom stereocenters. The standard InChI is InChI=1S/C14H24N2O5/c1-14(2,3)21-13(19)16-10(12(18)20-4)6-5-9-7-8-15-11(9)17/h9-10H,5-8H2,1-4H3,(H,15,17)(H,16,19)/t9-,10+/m1/s1. The number of ether oxygens (including phenoxy) is 2. The summed E-state index contributed by atoms with van der Waals surface area (Å²) in [7, 11) is 1.26. The predicted molar refractivity (Wildman–Crippen MR) is 75.5 cm³/mol. The molecule has 0 aliphatic carbocycles. The third-order valence-electron chi connectivity index (χ3n) is 3.14. The van der Waals surface area contributed by atoms with Gasteiger partial charge in [-0.15, -0.1) is 0 Å². The molecule has 0 aromatic heterocycles. The Hall–Kier alpha value is -1.79. The molecule has 1 aliphatic heterocycles. The topological polar surface area (TPSA) is 93.7 Å². The highest BCUT2D eigenvalue weighted by molar-refractivity contribution is 5.82. The fraction of sp³-hybridized carbons (Fsp3) is 0.786. The average molecular weight is 300 g/mol. The first kappa shape index (κ1) is 17.3. The number of rotatable bonds is 5. The van der Waals surface area contributed by atoms with Crippen molar-refractivity contribution in [1.29, 1.82) is 0 Å². The number of carbonyl (C=O) groups is 3. The number of alkyl carbamates (subject to hydrolysis) is 1. The monoisotopic (exact) mass is 300 g/mol. The zero-order valence-electron chi connectivity index (χ0n) is 13.0. The van der Waals surface area contributed by atoms with Gasteiger partial charge in [-0.3, -0.25) is 4.79 Å². The van der Waals surface area contributed by atoms with Crippen molar-refractivity contribution in [2.75, 3.05) is 13.7 Å². The van der Waals surface area contributed by atoms with Crippen molar-refractivity contribution in [3.05, 3.63) is 0 Å². The van der Waals surface area contributed by atoms with Gasteiger partial charge in [0, 0.05) is 12.5 Å². The Morgan fingerprint density at radius 2 is 2.10 bits per heavy atom. The summed E-state index contributed by atoms with van der Waals surface area (Å²) in [4.78, 5) is 34.9. The van der Waals surface area contributed by atoms with E-state index in [1.807, 2.05) is 0 Å². The van der Waals surface area contributed by atoms with Gasteiger partial charge in [0.1, 0.15) is 11.6 Å². The Kier molecular flexibility index (Phi) is 5.99. The first-order valence-corrected chi connectivity index (χ1v) is 7.08. The molecular formula is C14H24N2O5. The fourth-order valence-corrected chi connectivity index (χ4v) is 2.13. The summed E-state index contributed by atoms with van der Waals surface area (Å²) in [6.45, 7) is 5.87. The zero-order valence-corrected chi connectivity index (χ0v) is 13.0. The minimum absolute atomic E-state index is 0.00381. The van der Waals surface area contributed by atoms with E-state index in [0.717, 1.165) is 6.42 Å². The molecule has 21 heavy (non-hydrogen) atoms. The van der Waals surface area contributed by atoms with Crippen molar-refractivity contribution in [2.24, 2.45) is 5.92 Å². The molecule has 0 bridgehead atoms. The van der Waals surface area contributed by atoms with Gasteiger partial charge in [-0.25, -0.2) is 9.59 Å². The van der Waals surface area contributed by atoms with Crippen molar-refractivity contribution in [3.8, 4) is 0 Å². The maximum absolute atomic E-state index is 11.7. The van der Waals surface area contributed by atoms with E-state index in [1.165, 1.54) is 7.11 Å². The SMILES string of the molecule is COC(=O)[C@H](CC[C@@H]1CCNC1=O)NC(=O)OC(C)(C)C. The first-order chi connectivity index (χ1) is 9.73. The van der Waals surface area contributed by atoms with Gasteiger partial charge in [0.15, 0.2) is 0 Å². The van der Waals surface area contributed by atoms with Gasteiger partial charge in [-0.2, -0.15) is 0 Å². The Bertz CT molecular complexity index is 403. The van der Waals surface area contributed by atoms with Gasteiger partial charge in [-0.1, -0.05) is 0 Å². The number of nitrogens with one attached hydrogen (secondary N) is 2. The van der Waals surface area contributed by atoms with Gasteiger partial charge in [-0.05, 0) is 40.0 Å². The van der Waals surface area contributed by atoms with Crippen molar-refractivity contribution < 1.29 is 23.9 Å². The van der Waals surface area contributed by atoms with Crippen LogP contribution >= 0.6 is 0 Å². The third kappa shape index (κ3) is 6.01. The fourth-order valence-electron chi connectivity index (χ4n) is 2.13. The minimum atomic E-state index is -0.807. The van der Waals surface area contributed by atoms with Crippen LogP contribution in [0.4, 0.5) is 4.79 Å². The van der Waals surface area contributed by atoms with E-state index in [-0.39, 0.29) is 11.8 Å². The van der Waals surface area contributed by atoms with Crippen LogP contribution in [0.3, 0.4) is 0 Å². The quantitative estimate of drug-likeness (QED) is 0.738. The Morgan fingerprint density at radius 1 is 1.43 bits per heavy atom. The summed E-state index contributed by atoms with van der Waals surface area (Å²) >= 11 is 0. The van der Waals surface area contributed by atoms with Crippen molar-refractivity contribution in [3.63, 3.8) is 0 Å². The van der Waals surface area contributed by atoms with Crippen LogP contribution in [-0.4, -0.2) is 43.3 Å². The highest BCUT2D eigenvalue weighted by atomic mass is 16.6. The molecule has 2 N–H and O–H groups in total. The lowest BCUT2D eigenvalue weighted by Gasteiger charge is -2.23. The highest BCUT2D eigenvalue weighted by Crippen LogP contribution is 2.17. The van der Waals surface area contributed by atoms with Crippen LogP contribution in [-0.2, 0) is 19.1 Å². The molecule has 2 amide bonds. The molecule has 1 aliphatic rings. The summed E-state index contributed by atoms with van der Waals surface area (Å²) in [5.41, 5.74) is -0.643. The van der Waals surface area contributed by atoms with Crippen molar-refractivity contribution >= 4 is 18.0 Å². The van der Waals surface area contributed by atoms with Gasteiger partial charge in [0.2, 0.25) is 5.91 Å². The van der Waals surface area contributed by atoms with Gasteiger partial charge in [0.25, 0.3) is 0 Å². The molecular weight excluding hydrogens is 276 g/mol. The van der Waals surface area contributed by atoms with E-state index < -0.39 is 23.7 Å². The number of amides is 2. The maximum Gasteiger partial charge on any atom is 0.408 e. The normalized spacial score (nSPS) is 19.6. The van der Waals surface area contributed by atoms with Crippen LogP contribution in [0.25, 0.3) is 0 Å². The molecule has 0 aromatic carbocycles. The molecule has 0 radical (unpaired) electrons. The van der Waals surface area contributed by atoms with Crippen LogP contribution in [0.15, 0.2) is 0 Å². The minimum Gasteiger partial charge on any atom is -0.467 e. The van der Waals surface area contributed by atoms with Gasteiger partial charge < -0.3 is 20.1 Å². The van der Waals surface area contributed by atoms with Gasteiger partial charge in [0.05, 0.1) is 7.11 Å². The van der Waals surface area contributed by atoms with Crippen LogP contribution in [0, 0.1) is 5.92 Å². The lowest BCUT2D eigenvalue weighted by atomic mass is 9.98. The molecule has 1 saturated heterocycles. The second kappa shape index (κ2) is 7.28. The van der Waals surface area contributed by atoms with E-state index in [2.05, 4.69) is 15.4 Å². The van der Waals surface area contributed by atoms with E-state index in [9.17, 15) is 14.4 Å². The molecule has 120 valence electrons. The first-order valence-electron chi connectivity index (χ1n) is 7.08. The van der Waals surface area contributed by atoms with Gasteiger partial charge >= 0.3 is 12.1 Å². The third-order valence-corrected chi connectivity index (χ3v) is 3.14. The molecule has 1 rings (SSSR count). The lowest BCUT2D eigenvalue weighted by Crippen LogP contribution is -2.44. The second-order valence-corrected chi connectivity index (χ2v) is 6.08. The highest BCUT2D eigenvalue weighted by Gasteiger charge is 2.29. The van der Waals surface area contributed by atoms with Crippen molar-refractivity contribution in [2.45, 2.75) is 51.7 Å². The summed E-state index contributed by atoms with van der Waals surface area (Å²) in [6.07, 6.45) is 0.929. The zero-order chi connectivity index (χ0) is 16.0. The van der Waals surface area contributed by atoms with E-state index in [4.69, 9.17) is 4.74 Å². The van der Waals surface area contributed by atoms with Crippen LogP contribution in [0.1, 0.15) is 40.0 Å². The molecule has 2 atom stereocenters. The molecule has 7 heteroatoms. The molecule has 0 spiro atoms. The largest absolute Gasteiger partial charge is 0.467 e. The second-order valence-electron chi connectivity index (χ2n) is 6.08. The molecule has 1 fully saturated rings. The Labute approximate surface area is 124 Å². The summed E-state index contributed by atoms with van der Waals surface area (Å²) < 4.78 is 9.79. The lowest BCUT2D eigenvalue weighted by molar-refractivity contribution is -0.143. The van der Waals surface area contributed by atoms with E-state index in [1.54, 1.807) is 20.8 Å². The summed E-state index contributed by atoms with van der Waals surface area (Å²) in [5.74, 6) is -0.659. The predicted octanol–water partition coefficient (Wildman–Crippen LogP) is 0.969. The van der Waals surface area contributed by atoms with E-state index >= 15 is 0 Å². The molecule has 0 saturated carbocycles. The number of hydrogen-bond donors (Lipinski definition) is 2. The Balaban J connectivity index is 2.53. The van der Waals surface area contributed by atoms with Crippen LogP contribution in [0.2, 0.25) is 0 Å². The molecule has 1 heterocycles. The maximum atomic E-state index is 11.7. The van der Waals surface area contributed by atoms with Crippen molar-refractivity contribution in [1.82, 2.24) is 10.6 Å². The average Bonchev–Trinajstić information content (AvgIpc) is 2.77. The number of carbonyl (C=O) groups excluding carboxylic acids is 3. The van der Waals surface area contributed by atoms with Crippen LogP contribution < -0.4 is 10.6 Å². The van der Waals surface area contributed by atoms with Crippen LogP contribution in [0.5, 0.6) is 0 Å². The summed E-state index contributed by atoms with van der Waals surface area (Å²) in [6, 6.07) is -0.807. The summed E-state index contributed by atoms with van der Waals surface area (Å²) in [5, 5.41) is 5.24. The Morgan fingerprint density at radius 3 is 2.57 bits per heavy atom. The molecule has 0 aromatic rings. The number of methoxy groups -OCH3 is 1.